The maximum atomic E-state index is 13.3. The molecular weight excluding hydrogens is 419 g/mol. The van der Waals surface area contributed by atoms with Crippen LogP contribution in [0.3, 0.4) is 0 Å². The molecule has 32 heavy (non-hydrogen) atoms. The summed E-state index contributed by atoms with van der Waals surface area (Å²) in [6.07, 6.45) is -4.48. The first kappa shape index (κ1) is 21.8. The number of hydrogen-bond acceptors (Lipinski definition) is 3. The molecule has 5 nitrogen and oxygen atoms in total. The van der Waals surface area contributed by atoms with Crippen LogP contribution in [-0.4, -0.2) is 41.1 Å². The molecule has 0 aliphatic carbocycles. The molecule has 1 fully saturated rings. The average Bonchev–Trinajstić information content (AvgIpc) is 2.97. The SMILES string of the molecule is C[C@@]1(c2ccc3ccccc3c2)NC(=O)N(CN(Cc2ccccc2)CC(F)(F)F)C1=O. The summed E-state index contributed by atoms with van der Waals surface area (Å²) in [5.74, 6) is -0.585. The van der Waals surface area contributed by atoms with Gasteiger partial charge in [-0.3, -0.25) is 9.69 Å². The van der Waals surface area contributed by atoms with Crippen LogP contribution in [0.15, 0.2) is 72.8 Å². The molecule has 3 aromatic rings. The van der Waals surface area contributed by atoms with Crippen molar-refractivity contribution in [2.45, 2.75) is 25.2 Å². The number of alkyl halides is 3. The summed E-state index contributed by atoms with van der Waals surface area (Å²) < 4.78 is 39.6. The van der Waals surface area contributed by atoms with E-state index in [-0.39, 0.29) is 6.54 Å². The fraction of sp³-hybridized carbons (Fsp3) is 0.250. The lowest BCUT2D eigenvalue weighted by atomic mass is 9.90. The largest absolute Gasteiger partial charge is 0.401 e. The zero-order valence-corrected chi connectivity index (χ0v) is 17.4. The smallest absolute Gasteiger partial charge is 0.319 e. The van der Waals surface area contributed by atoms with Crippen molar-refractivity contribution < 1.29 is 22.8 Å². The predicted molar refractivity (Wildman–Crippen MR) is 114 cm³/mol. The van der Waals surface area contributed by atoms with E-state index in [4.69, 9.17) is 0 Å². The van der Waals surface area contributed by atoms with Gasteiger partial charge in [-0.05, 0) is 34.9 Å². The van der Waals surface area contributed by atoms with Crippen LogP contribution in [-0.2, 0) is 16.9 Å². The lowest BCUT2D eigenvalue weighted by Gasteiger charge is -2.28. The minimum atomic E-state index is -4.48. The van der Waals surface area contributed by atoms with Crippen LogP contribution in [0.2, 0.25) is 0 Å². The van der Waals surface area contributed by atoms with Crippen LogP contribution >= 0.6 is 0 Å². The second kappa shape index (κ2) is 8.27. The number of halogens is 3. The first-order chi connectivity index (χ1) is 15.2. The van der Waals surface area contributed by atoms with Crippen LogP contribution < -0.4 is 5.32 Å². The van der Waals surface area contributed by atoms with Crippen molar-refractivity contribution in [2.24, 2.45) is 0 Å². The van der Waals surface area contributed by atoms with Gasteiger partial charge in [-0.2, -0.15) is 13.2 Å². The van der Waals surface area contributed by atoms with E-state index in [1.807, 2.05) is 36.4 Å². The number of nitrogens with one attached hydrogen (secondary N) is 1. The third-order valence-corrected chi connectivity index (χ3v) is 5.60. The molecule has 0 spiro atoms. The van der Waals surface area contributed by atoms with Crippen molar-refractivity contribution in [1.29, 1.82) is 0 Å². The second-order valence-electron chi connectivity index (χ2n) is 8.08. The molecule has 1 heterocycles. The third-order valence-electron chi connectivity index (χ3n) is 5.60. The van der Waals surface area contributed by atoms with Gasteiger partial charge in [-0.15, -0.1) is 0 Å². The number of urea groups is 1. The Balaban J connectivity index is 1.59. The third kappa shape index (κ3) is 4.45. The van der Waals surface area contributed by atoms with Gasteiger partial charge < -0.3 is 5.32 Å². The lowest BCUT2D eigenvalue weighted by Crippen LogP contribution is -2.46. The van der Waals surface area contributed by atoms with E-state index < -0.39 is 36.9 Å². The summed E-state index contributed by atoms with van der Waals surface area (Å²) in [5.41, 5.74) is -0.138. The van der Waals surface area contributed by atoms with E-state index >= 15 is 0 Å². The van der Waals surface area contributed by atoms with Crippen molar-refractivity contribution in [1.82, 2.24) is 15.1 Å². The summed E-state index contributed by atoms with van der Waals surface area (Å²) in [6, 6.07) is 20.9. The first-order valence-electron chi connectivity index (χ1n) is 10.1. The summed E-state index contributed by atoms with van der Waals surface area (Å²) >= 11 is 0. The standard InChI is InChI=1S/C24H22F3N3O2/c1-23(20-12-11-18-9-5-6-10-19(18)13-20)21(31)30(22(32)28-23)16-29(15-24(25,26)27)14-17-7-3-2-4-8-17/h2-13H,14-16H2,1H3,(H,28,32)/t23-/m0/s1. The number of carbonyl (C=O) groups is 2. The van der Waals surface area contributed by atoms with Gasteiger partial charge in [0.1, 0.15) is 5.54 Å². The monoisotopic (exact) mass is 441 g/mol. The Bertz CT molecular complexity index is 1150. The highest BCUT2D eigenvalue weighted by Crippen LogP contribution is 2.31. The molecule has 1 aliphatic rings. The average molecular weight is 441 g/mol. The quantitative estimate of drug-likeness (QED) is 0.568. The molecule has 0 radical (unpaired) electrons. The van der Waals surface area contributed by atoms with Crippen molar-refractivity contribution in [3.05, 3.63) is 83.9 Å². The fourth-order valence-electron chi connectivity index (χ4n) is 3.97. The molecule has 0 aromatic heterocycles. The van der Waals surface area contributed by atoms with E-state index in [2.05, 4.69) is 5.32 Å². The molecule has 1 saturated heterocycles. The molecule has 166 valence electrons. The molecule has 0 unspecified atom stereocenters. The topological polar surface area (TPSA) is 52.7 Å². The van der Waals surface area contributed by atoms with E-state index in [1.165, 1.54) is 0 Å². The molecule has 1 aliphatic heterocycles. The highest BCUT2D eigenvalue weighted by atomic mass is 19.4. The Morgan fingerprint density at radius 3 is 2.28 bits per heavy atom. The summed E-state index contributed by atoms with van der Waals surface area (Å²) in [5, 5.41) is 4.55. The normalized spacial score (nSPS) is 19.1. The van der Waals surface area contributed by atoms with Gasteiger partial charge >= 0.3 is 12.2 Å². The molecule has 4 rings (SSSR count). The molecule has 1 atom stereocenters. The zero-order chi connectivity index (χ0) is 22.9. The Morgan fingerprint density at radius 1 is 0.938 bits per heavy atom. The molecule has 0 bridgehead atoms. The lowest BCUT2D eigenvalue weighted by molar-refractivity contribution is -0.154. The maximum Gasteiger partial charge on any atom is 0.401 e. The van der Waals surface area contributed by atoms with E-state index in [0.29, 0.717) is 11.1 Å². The number of fused-ring (bicyclic) bond motifs is 1. The van der Waals surface area contributed by atoms with Crippen molar-refractivity contribution in [2.75, 3.05) is 13.2 Å². The Kier molecular flexibility index (Phi) is 5.64. The zero-order valence-electron chi connectivity index (χ0n) is 17.4. The predicted octanol–water partition coefficient (Wildman–Crippen LogP) is 4.63. The molecule has 3 aromatic carbocycles. The molecule has 1 N–H and O–H groups in total. The Hall–Kier alpha value is -3.39. The van der Waals surface area contributed by atoms with E-state index in [9.17, 15) is 22.8 Å². The number of carbonyl (C=O) groups excluding carboxylic acids is 2. The van der Waals surface area contributed by atoms with Gasteiger partial charge in [0, 0.05) is 6.54 Å². The number of nitrogens with zero attached hydrogens (tertiary/aromatic N) is 2. The number of amides is 3. The fourth-order valence-corrected chi connectivity index (χ4v) is 3.97. The number of hydrogen-bond donors (Lipinski definition) is 1. The number of imide groups is 1. The summed E-state index contributed by atoms with van der Waals surface area (Å²) in [7, 11) is 0. The van der Waals surface area contributed by atoms with Crippen LogP contribution in [0.25, 0.3) is 10.8 Å². The van der Waals surface area contributed by atoms with Crippen LogP contribution in [0.5, 0.6) is 0 Å². The number of benzene rings is 3. The van der Waals surface area contributed by atoms with Crippen molar-refractivity contribution in [3.8, 4) is 0 Å². The highest BCUT2D eigenvalue weighted by molar-refractivity contribution is 6.07. The minimum absolute atomic E-state index is 0.0515. The highest BCUT2D eigenvalue weighted by Gasteiger charge is 2.49. The van der Waals surface area contributed by atoms with Gasteiger partial charge in [0.2, 0.25) is 0 Å². The van der Waals surface area contributed by atoms with Crippen molar-refractivity contribution >= 4 is 22.7 Å². The molecule has 8 heteroatoms. The van der Waals surface area contributed by atoms with Crippen LogP contribution in [0.4, 0.5) is 18.0 Å². The molecule has 0 saturated carbocycles. The van der Waals surface area contributed by atoms with Gasteiger partial charge in [0.05, 0.1) is 13.2 Å². The van der Waals surface area contributed by atoms with E-state index in [1.54, 1.807) is 43.3 Å². The summed E-state index contributed by atoms with van der Waals surface area (Å²) in [4.78, 5) is 27.8. The molecular formula is C24H22F3N3O2. The van der Waals surface area contributed by atoms with Gasteiger partial charge in [0.15, 0.2) is 0 Å². The molecule has 3 amide bonds. The number of rotatable bonds is 6. The second-order valence-corrected chi connectivity index (χ2v) is 8.08. The van der Waals surface area contributed by atoms with Crippen molar-refractivity contribution in [3.63, 3.8) is 0 Å². The first-order valence-corrected chi connectivity index (χ1v) is 10.1. The maximum absolute atomic E-state index is 13.3. The van der Waals surface area contributed by atoms with Crippen LogP contribution in [0.1, 0.15) is 18.1 Å². The summed E-state index contributed by atoms with van der Waals surface area (Å²) in [6.45, 7) is -0.194. The van der Waals surface area contributed by atoms with E-state index in [0.717, 1.165) is 20.6 Å². The minimum Gasteiger partial charge on any atom is -0.319 e. The Labute approximate surface area is 183 Å². The van der Waals surface area contributed by atoms with Gasteiger partial charge in [0.25, 0.3) is 5.91 Å². The Morgan fingerprint density at radius 2 is 1.59 bits per heavy atom. The van der Waals surface area contributed by atoms with Crippen LogP contribution in [0, 0.1) is 0 Å². The van der Waals surface area contributed by atoms with Gasteiger partial charge in [-0.25, -0.2) is 9.69 Å². The van der Waals surface area contributed by atoms with Gasteiger partial charge in [-0.1, -0.05) is 66.7 Å².